The summed E-state index contributed by atoms with van der Waals surface area (Å²) in [6.45, 7) is 0. The Morgan fingerprint density at radius 3 is 1.77 bits per heavy atom. The maximum Gasteiger partial charge on any atom is 0.326 e. The van der Waals surface area contributed by atoms with Gasteiger partial charge in [-0.3, -0.25) is 19.2 Å². The van der Waals surface area contributed by atoms with Crippen LogP contribution in [0.2, 0.25) is 0 Å². The fourth-order valence-corrected chi connectivity index (χ4v) is 5.13. The first kappa shape index (κ1) is 35.0. The van der Waals surface area contributed by atoms with Crippen LogP contribution in [-0.2, 0) is 43.2 Å². The molecule has 0 bridgehead atoms. The van der Waals surface area contributed by atoms with Gasteiger partial charge < -0.3 is 47.1 Å². The molecule has 14 nitrogen and oxygen atoms in total. The van der Waals surface area contributed by atoms with Crippen LogP contribution in [0.25, 0.3) is 10.9 Å². The van der Waals surface area contributed by atoms with Crippen molar-refractivity contribution in [1.29, 1.82) is 0 Å². The predicted octanol–water partition coefficient (Wildman–Crippen LogP) is 1.34. The van der Waals surface area contributed by atoms with Crippen molar-refractivity contribution >= 4 is 40.6 Å². The summed E-state index contributed by atoms with van der Waals surface area (Å²) in [6.07, 6.45) is 0.769. The van der Waals surface area contributed by atoms with Crippen LogP contribution in [0, 0.1) is 0 Å². The van der Waals surface area contributed by atoms with Gasteiger partial charge in [0.2, 0.25) is 17.7 Å². The summed E-state index contributed by atoms with van der Waals surface area (Å²) < 4.78 is 0. The maximum atomic E-state index is 13.6. The van der Waals surface area contributed by atoms with Gasteiger partial charge in [0, 0.05) is 36.4 Å². The largest absolute Gasteiger partial charge is 0.508 e. The van der Waals surface area contributed by atoms with Gasteiger partial charge >= 0.3 is 11.9 Å². The van der Waals surface area contributed by atoms with Gasteiger partial charge in [-0.15, -0.1) is 0 Å². The lowest BCUT2D eigenvalue weighted by molar-refractivity contribution is -0.142. The minimum absolute atomic E-state index is 0.0187. The molecule has 252 valence electrons. The molecule has 4 rings (SSSR count). The number of aliphatic carboxylic acids is 2. The van der Waals surface area contributed by atoms with E-state index >= 15 is 0 Å². The number of nitrogens with one attached hydrogen (secondary N) is 4. The van der Waals surface area contributed by atoms with Gasteiger partial charge in [0.05, 0.1) is 6.04 Å². The summed E-state index contributed by atoms with van der Waals surface area (Å²) in [7, 11) is 0. The molecule has 0 aliphatic carbocycles. The lowest BCUT2D eigenvalue weighted by Crippen LogP contribution is -2.58. The number of aromatic amines is 1. The number of rotatable bonds is 16. The molecule has 4 atom stereocenters. The molecule has 4 unspecified atom stereocenters. The van der Waals surface area contributed by atoms with Crippen molar-refractivity contribution in [2.75, 3.05) is 0 Å². The minimum atomic E-state index is -1.41. The SMILES string of the molecule is NC(Cc1c[nH]c2ccccc12)C(=O)NC(CCC(=O)O)C(=O)NC(Cc1ccc(O)cc1)C(=O)NC(Cc1ccc(O)cc1)C(=O)O. The van der Waals surface area contributed by atoms with Gasteiger partial charge in [-0.1, -0.05) is 42.5 Å². The molecule has 0 fully saturated rings. The number of carboxylic acid groups (broad SMARTS) is 2. The Balaban J connectivity index is 1.51. The van der Waals surface area contributed by atoms with Crippen LogP contribution >= 0.6 is 0 Å². The van der Waals surface area contributed by atoms with E-state index in [1.165, 1.54) is 48.5 Å². The van der Waals surface area contributed by atoms with E-state index in [-0.39, 0.29) is 37.2 Å². The molecule has 0 aliphatic heterocycles. The number of para-hydroxylation sites is 1. The zero-order valence-corrected chi connectivity index (χ0v) is 25.8. The summed E-state index contributed by atoms with van der Waals surface area (Å²) in [5, 5.41) is 46.7. The molecule has 0 aliphatic rings. The average Bonchev–Trinajstić information content (AvgIpc) is 3.46. The molecule has 0 saturated carbocycles. The zero-order valence-electron chi connectivity index (χ0n) is 25.8. The van der Waals surface area contributed by atoms with Crippen molar-refractivity contribution in [3.05, 3.63) is 95.7 Å². The number of phenols is 2. The van der Waals surface area contributed by atoms with Crippen molar-refractivity contribution in [3.8, 4) is 11.5 Å². The van der Waals surface area contributed by atoms with E-state index < -0.39 is 60.2 Å². The van der Waals surface area contributed by atoms with Gasteiger partial charge in [0.1, 0.15) is 29.6 Å². The Morgan fingerprint density at radius 2 is 1.19 bits per heavy atom. The van der Waals surface area contributed by atoms with E-state index in [4.69, 9.17) is 5.73 Å². The highest BCUT2D eigenvalue weighted by Gasteiger charge is 2.31. The standard InChI is InChI=1S/C34H37N5O9/c35-25(17-21-18-36-26-4-2-1-3-24(21)26)31(44)37-27(13-14-30(42)43)32(45)38-28(15-19-5-9-22(40)10-6-19)33(46)39-29(34(47)48)16-20-7-11-23(41)12-8-20/h1-12,18,25,27-29,36,40-41H,13-17,35H2,(H,37,44)(H,38,45)(H,39,46)(H,42,43)(H,47,48). The number of aromatic nitrogens is 1. The Hall–Kier alpha value is -5.89. The Kier molecular flexibility index (Phi) is 11.7. The number of aromatic hydroxyl groups is 2. The highest BCUT2D eigenvalue weighted by Crippen LogP contribution is 2.19. The summed E-state index contributed by atoms with van der Waals surface area (Å²) in [5.74, 6) is -5.08. The number of amides is 3. The van der Waals surface area contributed by atoms with Gasteiger partial charge in [-0.2, -0.15) is 0 Å². The number of carbonyl (C=O) groups is 5. The molecular weight excluding hydrogens is 622 g/mol. The van der Waals surface area contributed by atoms with Crippen LogP contribution in [0.4, 0.5) is 0 Å². The first-order valence-electron chi connectivity index (χ1n) is 15.1. The number of carbonyl (C=O) groups excluding carboxylic acids is 3. The Morgan fingerprint density at radius 1 is 0.667 bits per heavy atom. The lowest BCUT2D eigenvalue weighted by Gasteiger charge is -2.25. The lowest BCUT2D eigenvalue weighted by atomic mass is 10.0. The molecule has 1 aromatic heterocycles. The van der Waals surface area contributed by atoms with Crippen molar-refractivity contribution in [2.45, 2.75) is 56.3 Å². The number of hydrogen-bond donors (Lipinski definition) is 9. The summed E-state index contributed by atoms with van der Waals surface area (Å²) in [6, 6.07) is 13.7. The quantitative estimate of drug-likeness (QED) is 0.0835. The molecule has 0 saturated heterocycles. The van der Waals surface area contributed by atoms with Crippen molar-refractivity contribution in [3.63, 3.8) is 0 Å². The van der Waals surface area contributed by atoms with Gasteiger partial charge in [-0.05, 0) is 59.9 Å². The summed E-state index contributed by atoms with van der Waals surface area (Å²) >= 11 is 0. The van der Waals surface area contributed by atoms with Crippen LogP contribution in [0.15, 0.2) is 79.0 Å². The van der Waals surface area contributed by atoms with E-state index in [2.05, 4.69) is 20.9 Å². The zero-order chi connectivity index (χ0) is 34.8. The van der Waals surface area contributed by atoms with Crippen molar-refractivity contribution in [2.24, 2.45) is 5.73 Å². The molecule has 3 aromatic carbocycles. The fourth-order valence-electron chi connectivity index (χ4n) is 5.13. The minimum Gasteiger partial charge on any atom is -0.508 e. The normalized spacial score (nSPS) is 13.5. The van der Waals surface area contributed by atoms with E-state index in [1.807, 2.05) is 24.3 Å². The van der Waals surface area contributed by atoms with E-state index in [0.717, 1.165) is 16.5 Å². The molecule has 0 radical (unpaired) electrons. The second-order valence-electron chi connectivity index (χ2n) is 11.4. The molecule has 4 aromatic rings. The summed E-state index contributed by atoms with van der Waals surface area (Å²) in [4.78, 5) is 66.9. The van der Waals surface area contributed by atoms with Gasteiger partial charge in [-0.25, -0.2) is 4.79 Å². The first-order chi connectivity index (χ1) is 22.9. The van der Waals surface area contributed by atoms with E-state index in [0.29, 0.717) is 11.1 Å². The molecule has 14 heteroatoms. The van der Waals surface area contributed by atoms with E-state index in [1.54, 1.807) is 6.20 Å². The predicted molar refractivity (Wildman–Crippen MR) is 174 cm³/mol. The third kappa shape index (κ3) is 9.80. The average molecular weight is 660 g/mol. The second kappa shape index (κ2) is 16.1. The van der Waals surface area contributed by atoms with Gasteiger partial charge in [0.15, 0.2) is 0 Å². The maximum absolute atomic E-state index is 13.6. The third-order valence-electron chi connectivity index (χ3n) is 7.73. The number of hydrogen-bond acceptors (Lipinski definition) is 8. The van der Waals surface area contributed by atoms with E-state index in [9.17, 15) is 44.4 Å². The Labute approximate surface area is 275 Å². The molecule has 1 heterocycles. The number of benzene rings is 3. The number of fused-ring (bicyclic) bond motifs is 1. The van der Waals surface area contributed by atoms with Crippen molar-refractivity contribution in [1.82, 2.24) is 20.9 Å². The van der Waals surface area contributed by atoms with Crippen LogP contribution in [0.5, 0.6) is 11.5 Å². The smallest absolute Gasteiger partial charge is 0.326 e. The second-order valence-corrected chi connectivity index (χ2v) is 11.4. The highest BCUT2D eigenvalue weighted by molar-refractivity contribution is 5.95. The first-order valence-corrected chi connectivity index (χ1v) is 15.1. The number of nitrogens with two attached hydrogens (primary N) is 1. The van der Waals surface area contributed by atoms with Crippen LogP contribution in [0.3, 0.4) is 0 Å². The molecule has 48 heavy (non-hydrogen) atoms. The van der Waals surface area contributed by atoms with Gasteiger partial charge in [0.25, 0.3) is 0 Å². The highest BCUT2D eigenvalue weighted by atomic mass is 16.4. The van der Waals surface area contributed by atoms with Crippen LogP contribution < -0.4 is 21.7 Å². The summed E-state index contributed by atoms with van der Waals surface area (Å²) in [5.41, 5.74) is 8.83. The van der Waals surface area contributed by atoms with Crippen molar-refractivity contribution < 1.29 is 44.4 Å². The third-order valence-corrected chi connectivity index (χ3v) is 7.73. The molecular formula is C34H37N5O9. The monoisotopic (exact) mass is 659 g/mol. The molecule has 3 amide bonds. The number of H-pyrrole nitrogens is 1. The Bertz CT molecular complexity index is 1750. The molecule has 0 spiro atoms. The number of phenolic OH excluding ortho intramolecular Hbond substituents is 2. The van der Waals surface area contributed by atoms with Crippen LogP contribution in [0.1, 0.15) is 29.5 Å². The topological polar surface area (TPSA) is 244 Å². The fraction of sp³-hybridized carbons (Fsp3) is 0.265. The number of carboxylic acids is 2. The molecule has 10 N–H and O–H groups in total. The van der Waals surface area contributed by atoms with Crippen LogP contribution in [-0.4, -0.2) is 79.2 Å².